The van der Waals surface area contributed by atoms with Crippen LogP contribution in [-0.2, 0) is 29.6 Å². The summed E-state index contributed by atoms with van der Waals surface area (Å²) in [5.74, 6) is -1.46. The maximum Gasteiger partial charge on any atom is 0.270 e. The minimum atomic E-state index is -4.42. The second-order valence-corrected chi connectivity index (χ2v) is 13.2. The van der Waals surface area contributed by atoms with Gasteiger partial charge in [0.2, 0.25) is 11.8 Å². The molecule has 3 aromatic rings. The topological polar surface area (TPSA) is 109 Å². The predicted molar refractivity (Wildman–Crippen MR) is 154 cm³/mol. The maximum absolute atomic E-state index is 13.5. The summed E-state index contributed by atoms with van der Waals surface area (Å²) >= 11 is 18.3. The molecular formula is C26H25Cl3N2O6S2. The lowest BCUT2D eigenvalue weighted by atomic mass is 10.2. The number of carbonyl (C=O) groups is 2. The third-order valence-corrected chi connectivity index (χ3v) is 9.79. The Kier molecular flexibility index (Phi) is 10.1. The Labute approximate surface area is 243 Å². The minimum absolute atomic E-state index is 0.0851. The number of hydrogen-bond acceptors (Lipinski definition) is 6. The van der Waals surface area contributed by atoms with Gasteiger partial charge in [0.1, 0.15) is 0 Å². The number of hydrogen-bond donors (Lipinski definition) is 0. The van der Waals surface area contributed by atoms with Gasteiger partial charge < -0.3 is 0 Å². The molecule has 3 rings (SSSR count). The maximum atomic E-state index is 13.5. The molecule has 13 heteroatoms. The number of amides is 2. The van der Waals surface area contributed by atoms with E-state index in [2.05, 4.69) is 0 Å². The first-order valence-electron chi connectivity index (χ1n) is 11.8. The minimum Gasteiger partial charge on any atom is -0.273 e. The van der Waals surface area contributed by atoms with E-state index in [1.807, 2.05) is 0 Å². The van der Waals surface area contributed by atoms with E-state index in [4.69, 9.17) is 34.8 Å². The summed E-state index contributed by atoms with van der Waals surface area (Å²) in [6.07, 6.45) is 0.547. The van der Waals surface area contributed by atoms with Crippen molar-refractivity contribution in [3.63, 3.8) is 0 Å². The Balaban J connectivity index is 2.17. The third-order valence-electron chi connectivity index (χ3n) is 5.47. The standard InChI is InChI=1S/C26H25Cl3N2O6S2/c1-3-5-25(32)30(38(34,35)21-12-7-18(27)8-13-21)20-11-16-24(23(29)17-20)31(26(33)6-4-2)39(36,37)22-14-9-19(28)10-15-22/h7-17H,3-6H2,1-2H3. The van der Waals surface area contributed by atoms with Crippen molar-refractivity contribution in [2.24, 2.45) is 0 Å². The molecule has 0 fully saturated rings. The normalized spacial score (nSPS) is 11.7. The summed E-state index contributed by atoms with van der Waals surface area (Å²) in [6, 6.07) is 14.1. The van der Waals surface area contributed by atoms with Crippen LogP contribution in [0.4, 0.5) is 11.4 Å². The van der Waals surface area contributed by atoms with Crippen LogP contribution in [0.1, 0.15) is 39.5 Å². The highest BCUT2D eigenvalue weighted by molar-refractivity contribution is 7.94. The third kappa shape index (κ3) is 6.75. The molecule has 0 aromatic heterocycles. The Morgan fingerprint density at radius 1 is 0.641 bits per heavy atom. The van der Waals surface area contributed by atoms with Crippen molar-refractivity contribution in [1.82, 2.24) is 0 Å². The van der Waals surface area contributed by atoms with Crippen molar-refractivity contribution >= 4 is 78.0 Å². The molecule has 0 aliphatic heterocycles. The van der Waals surface area contributed by atoms with Gasteiger partial charge in [-0.1, -0.05) is 48.7 Å². The van der Waals surface area contributed by atoms with Crippen LogP contribution in [0, 0.1) is 0 Å². The van der Waals surface area contributed by atoms with Crippen molar-refractivity contribution in [2.75, 3.05) is 8.61 Å². The SMILES string of the molecule is CCCC(=O)N(c1ccc(N(C(=O)CCC)S(=O)(=O)c2ccc(Cl)cc2)c(Cl)c1)S(=O)(=O)c1ccc(Cl)cc1. The van der Waals surface area contributed by atoms with Gasteiger partial charge in [-0.25, -0.2) is 25.4 Å². The number of carbonyl (C=O) groups excluding carboxylic acids is 2. The number of nitrogens with zero attached hydrogens (tertiary/aromatic N) is 2. The second-order valence-electron chi connectivity index (χ2n) is 8.37. The molecule has 0 N–H and O–H groups in total. The molecule has 0 unspecified atom stereocenters. The van der Waals surface area contributed by atoms with E-state index in [-0.39, 0.29) is 39.0 Å². The molecule has 8 nitrogen and oxygen atoms in total. The molecule has 0 aliphatic rings. The van der Waals surface area contributed by atoms with Gasteiger partial charge >= 0.3 is 0 Å². The number of anilines is 2. The summed E-state index contributed by atoms with van der Waals surface area (Å²) in [4.78, 5) is 25.7. The molecule has 3 aromatic carbocycles. The van der Waals surface area contributed by atoms with Crippen LogP contribution in [0.5, 0.6) is 0 Å². The van der Waals surface area contributed by atoms with Crippen LogP contribution in [-0.4, -0.2) is 28.6 Å². The zero-order valence-electron chi connectivity index (χ0n) is 21.0. The smallest absolute Gasteiger partial charge is 0.270 e. The molecule has 0 spiro atoms. The Bertz CT molecular complexity index is 1580. The first kappa shape index (κ1) is 30.9. The van der Waals surface area contributed by atoms with E-state index < -0.39 is 31.9 Å². The van der Waals surface area contributed by atoms with Gasteiger partial charge in [-0.3, -0.25) is 9.59 Å². The Morgan fingerprint density at radius 2 is 1.05 bits per heavy atom. The van der Waals surface area contributed by atoms with Gasteiger partial charge in [0.15, 0.2) is 0 Å². The highest BCUT2D eigenvalue weighted by Gasteiger charge is 2.34. The average molecular weight is 632 g/mol. The van der Waals surface area contributed by atoms with Crippen LogP contribution < -0.4 is 8.61 Å². The lowest BCUT2D eigenvalue weighted by molar-refractivity contribution is -0.118. The van der Waals surface area contributed by atoms with E-state index in [0.29, 0.717) is 31.5 Å². The molecule has 39 heavy (non-hydrogen) atoms. The molecule has 0 bridgehead atoms. The number of rotatable bonds is 10. The van der Waals surface area contributed by atoms with E-state index in [1.165, 1.54) is 60.7 Å². The van der Waals surface area contributed by atoms with Gasteiger partial charge in [0, 0.05) is 22.9 Å². The summed E-state index contributed by atoms with van der Waals surface area (Å²) in [7, 11) is -8.81. The summed E-state index contributed by atoms with van der Waals surface area (Å²) in [5, 5.41) is 0.364. The van der Waals surface area contributed by atoms with Gasteiger partial charge in [-0.2, -0.15) is 0 Å². The summed E-state index contributed by atoms with van der Waals surface area (Å²) < 4.78 is 55.3. The molecule has 0 radical (unpaired) electrons. The molecule has 208 valence electrons. The zero-order valence-corrected chi connectivity index (χ0v) is 24.9. The van der Waals surface area contributed by atoms with Gasteiger partial charge in [-0.05, 0) is 79.6 Å². The van der Waals surface area contributed by atoms with Crippen LogP contribution in [0.3, 0.4) is 0 Å². The first-order chi connectivity index (χ1) is 18.3. The van der Waals surface area contributed by atoms with Crippen LogP contribution in [0.2, 0.25) is 15.1 Å². The zero-order chi connectivity index (χ0) is 29.0. The van der Waals surface area contributed by atoms with E-state index in [1.54, 1.807) is 13.8 Å². The predicted octanol–water partition coefficient (Wildman–Crippen LogP) is 6.69. The largest absolute Gasteiger partial charge is 0.273 e. The Hall–Kier alpha value is -2.63. The fourth-order valence-electron chi connectivity index (χ4n) is 3.66. The highest BCUT2D eigenvalue weighted by Crippen LogP contribution is 2.36. The van der Waals surface area contributed by atoms with Crippen molar-refractivity contribution in [1.29, 1.82) is 0 Å². The molecule has 0 atom stereocenters. The number of benzene rings is 3. The molecule has 0 aliphatic carbocycles. The van der Waals surface area contributed by atoms with Gasteiger partial charge in [0.25, 0.3) is 20.0 Å². The van der Waals surface area contributed by atoms with Crippen molar-refractivity contribution in [3.05, 3.63) is 81.8 Å². The van der Waals surface area contributed by atoms with E-state index in [9.17, 15) is 26.4 Å². The highest BCUT2D eigenvalue weighted by atomic mass is 35.5. The Morgan fingerprint density at radius 3 is 1.46 bits per heavy atom. The summed E-state index contributed by atoms with van der Waals surface area (Å²) in [6.45, 7) is 3.44. The number of halogens is 3. The number of sulfonamides is 2. The van der Waals surface area contributed by atoms with E-state index in [0.717, 1.165) is 6.07 Å². The van der Waals surface area contributed by atoms with E-state index >= 15 is 0 Å². The second kappa shape index (κ2) is 12.7. The average Bonchev–Trinajstić information content (AvgIpc) is 2.86. The van der Waals surface area contributed by atoms with Crippen molar-refractivity contribution < 1.29 is 26.4 Å². The fraction of sp³-hybridized carbons (Fsp3) is 0.231. The molecule has 2 amide bonds. The van der Waals surface area contributed by atoms with Crippen LogP contribution in [0.15, 0.2) is 76.5 Å². The van der Waals surface area contributed by atoms with Crippen LogP contribution in [0.25, 0.3) is 0 Å². The van der Waals surface area contributed by atoms with Crippen molar-refractivity contribution in [2.45, 2.75) is 49.3 Å². The van der Waals surface area contributed by atoms with Gasteiger partial charge in [-0.15, -0.1) is 0 Å². The molecule has 0 saturated carbocycles. The first-order valence-corrected chi connectivity index (χ1v) is 15.8. The monoisotopic (exact) mass is 630 g/mol. The summed E-state index contributed by atoms with van der Waals surface area (Å²) in [5.41, 5.74) is -0.315. The van der Waals surface area contributed by atoms with Crippen LogP contribution >= 0.6 is 34.8 Å². The lowest BCUT2D eigenvalue weighted by Crippen LogP contribution is -2.38. The van der Waals surface area contributed by atoms with Crippen molar-refractivity contribution in [3.8, 4) is 0 Å². The fourth-order valence-corrected chi connectivity index (χ4v) is 7.13. The quantitative estimate of drug-likeness (QED) is 0.247. The molecule has 0 saturated heterocycles. The molecular weight excluding hydrogens is 607 g/mol. The lowest BCUT2D eigenvalue weighted by Gasteiger charge is -2.26. The molecule has 0 heterocycles. The van der Waals surface area contributed by atoms with Gasteiger partial charge in [0.05, 0.1) is 26.2 Å².